The Morgan fingerprint density at radius 3 is 2.60 bits per heavy atom. The number of aromatic nitrogens is 2. The topological polar surface area (TPSA) is 43.8 Å². The van der Waals surface area contributed by atoms with Crippen LogP contribution in [-0.2, 0) is 0 Å². The Kier molecular flexibility index (Phi) is 3.51. The summed E-state index contributed by atoms with van der Waals surface area (Å²) in [5.41, 5.74) is 7.81. The maximum Gasteiger partial charge on any atom is 0.140 e. The number of imidazole rings is 1. The first kappa shape index (κ1) is 13.2. The monoisotopic (exact) mass is 269 g/mol. The summed E-state index contributed by atoms with van der Waals surface area (Å²) in [6.07, 6.45) is 7.86. The SMILES string of the molecule is CC1CC(C)CC(n2ccnc2-c2cccc(N)c2)C1. The van der Waals surface area contributed by atoms with Gasteiger partial charge in [0.25, 0.3) is 0 Å². The van der Waals surface area contributed by atoms with E-state index in [0.29, 0.717) is 6.04 Å². The quantitative estimate of drug-likeness (QED) is 0.833. The summed E-state index contributed by atoms with van der Waals surface area (Å²) in [4.78, 5) is 4.56. The van der Waals surface area contributed by atoms with Gasteiger partial charge in [-0.2, -0.15) is 0 Å². The zero-order chi connectivity index (χ0) is 14.1. The van der Waals surface area contributed by atoms with Crippen LogP contribution < -0.4 is 5.73 Å². The van der Waals surface area contributed by atoms with Crippen molar-refractivity contribution in [3.63, 3.8) is 0 Å². The van der Waals surface area contributed by atoms with Gasteiger partial charge >= 0.3 is 0 Å². The standard InChI is InChI=1S/C17H23N3/c1-12-8-13(2)10-16(9-12)20-7-6-19-17(20)14-4-3-5-15(18)11-14/h3-7,11-13,16H,8-10,18H2,1-2H3. The van der Waals surface area contributed by atoms with E-state index < -0.39 is 0 Å². The van der Waals surface area contributed by atoms with Crippen molar-refractivity contribution < 1.29 is 0 Å². The summed E-state index contributed by atoms with van der Waals surface area (Å²) in [6.45, 7) is 4.72. The summed E-state index contributed by atoms with van der Waals surface area (Å²) in [7, 11) is 0. The molecule has 2 atom stereocenters. The third kappa shape index (κ3) is 2.58. The predicted octanol–water partition coefficient (Wildman–Crippen LogP) is 4.13. The van der Waals surface area contributed by atoms with Crippen LogP contribution >= 0.6 is 0 Å². The molecule has 106 valence electrons. The molecule has 1 heterocycles. The molecule has 1 fully saturated rings. The third-order valence-electron chi connectivity index (χ3n) is 4.36. The number of nitrogens with two attached hydrogens (primary N) is 1. The van der Waals surface area contributed by atoms with E-state index in [1.165, 1.54) is 19.3 Å². The molecular formula is C17H23N3. The molecule has 1 aromatic carbocycles. The van der Waals surface area contributed by atoms with Crippen LogP contribution in [0.1, 0.15) is 39.2 Å². The Bertz CT molecular complexity index is 577. The molecule has 1 aromatic heterocycles. The highest BCUT2D eigenvalue weighted by Crippen LogP contribution is 2.37. The van der Waals surface area contributed by atoms with Crippen molar-refractivity contribution in [1.29, 1.82) is 0 Å². The second-order valence-corrected chi connectivity index (χ2v) is 6.35. The average Bonchev–Trinajstić information content (AvgIpc) is 2.86. The number of hydrogen-bond donors (Lipinski definition) is 1. The van der Waals surface area contributed by atoms with Crippen molar-refractivity contribution in [3.8, 4) is 11.4 Å². The lowest BCUT2D eigenvalue weighted by atomic mass is 9.80. The van der Waals surface area contributed by atoms with Crippen molar-refractivity contribution in [2.75, 3.05) is 5.73 Å². The predicted molar refractivity (Wildman–Crippen MR) is 83.3 cm³/mol. The lowest BCUT2D eigenvalue weighted by Gasteiger charge is -2.33. The van der Waals surface area contributed by atoms with Crippen molar-refractivity contribution in [2.24, 2.45) is 11.8 Å². The summed E-state index contributed by atoms with van der Waals surface area (Å²) in [6, 6.07) is 8.57. The van der Waals surface area contributed by atoms with Gasteiger partial charge in [0.1, 0.15) is 5.82 Å². The first-order chi connectivity index (χ1) is 9.63. The Morgan fingerprint density at radius 1 is 1.15 bits per heavy atom. The highest BCUT2D eigenvalue weighted by atomic mass is 15.1. The van der Waals surface area contributed by atoms with Crippen LogP contribution in [-0.4, -0.2) is 9.55 Å². The van der Waals surface area contributed by atoms with E-state index in [1.807, 2.05) is 24.4 Å². The fourth-order valence-corrected chi connectivity index (χ4v) is 3.64. The van der Waals surface area contributed by atoms with Crippen molar-refractivity contribution in [3.05, 3.63) is 36.7 Å². The van der Waals surface area contributed by atoms with Gasteiger partial charge in [-0.25, -0.2) is 4.98 Å². The maximum absolute atomic E-state index is 5.90. The Labute approximate surface area is 120 Å². The average molecular weight is 269 g/mol. The lowest BCUT2D eigenvalue weighted by Crippen LogP contribution is -2.22. The van der Waals surface area contributed by atoms with Crippen molar-refractivity contribution in [1.82, 2.24) is 9.55 Å². The number of nitrogen functional groups attached to an aromatic ring is 1. The minimum Gasteiger partial charge on any atom is -0.399 e. The first-order valence-corrected chi connectivity index (χ1v) is 7.52. The number of nitrogens with zero attached hydrogens (tertiary/aromatic N) is 2. The Morgan fingerprint density at radius 2 is 1.90 bits per heavy atom. The summed E-state index contributed by atoms with van der Waals surface area (Å²) in [5, 5.41) is 0. The molecule has 20 heavy (non-hydrogen) atoms. The largest absolute Gasteiger partial charge is 0.399 e. The van der Waals surface area contributed by atoms with Gasteiger partial charge in [0, 0.05) is 29.7 Å². The van der Waals surface area contributed by atoms with E-state index in [0.717, 1.165) is 28.9 Å². The van der Waals surface area contributed by atoms with Crippen molar-refractivity contribution in [2.45, 2.75) is 39.2 Å². The highest BCUT2D eigenvalue weighted by Gasteiger charge is 2.26. The molecule has 0 amide bonds. The second kappa shape index (κ2) is 5.31. The van der Waals surface area contributed by atoms with Crippen LogP contribution in [0.25, 0.3) is 11.4 Å². The minimum absolute atomic E-state index is 0.563. The molecule has 2 unspecified atom stereocenters. The fraction of sp³-hybridized carbons (Fsp3) is 0.471. The normalized spacial score (nSPS) is 26.6. The van der Waals surface area contributed by atoms with Crippen LogP contribution in [0, 0.1) is 11.8 Å². The lowest BCUT2D eigenvalue weighted by molar-refractivity contribution is 0.222. The molecule has 3 heteroatoms. The molecule has 0 bridgehead atoms. The maximum atomic E-state index is 5.90. The number of benzene rings is 1. The Balaban J connectivity index is 1.94. The molecule has 0 spiro atoms. The zero-order valence-corrected chi connectivity index (χ0v) is 12.3. The smallest absolute Gasteiger partial charge is 0.140 e. The van der Waals surface area contributed by atoms with Crippen LogP contribution in [0.2, 0.25) is 0 Å². The molecule has 0 saturated heterocycles. The summed E-state index contributed by atoms with van der Waals surface area (Å²) < 4.78 is 2.35. The minimum atomic E-state index is 0.563. The molecule has 0 aliphatic heterocycles. The van der Waals surface area contributed by atoms with Crippen LogP contribution in [0.5, 0.6) is 0 Å². The highest BCUT2D eigenvalue weighted by molar-refractivity contribution is 5.61. The van der Waals surface area contributed by atoms with Gasteiger partial charge in [-0.1, -0.05) is 26.0 Å². The van der Waals surface area contributed by atoms with Crippen LogP contribution in [0.4, 0.5) is 5.69 Å². The van der Waals surface area contributed by atoms with Gasteiger partial charge in [-0.3, -0.25) is 0 Å². The summed E-state index contributed by atoms with van der Waals surface area (Å²) in [5.74, 6) is 2.63. The summed E-state index contributed by atoms with van der Waals surface area (Å²) >= 11 is 0. The van der Waals surface area contributed by atoms with Crippen LogP contribution in [0.15, 0.2) is 36.7 Å². The number of rotatable bonds is 2. The molecule has 3 rings (SSSR count). The van der Waals surface area contributed by atoms with E-state index in [-0.39, 0.29) is 0 Å². The molecule has 1 aliphatic carbocycles. The van der Waals surface area contributed by atoms with E-state index in [4.69, 9.17) is 5.73 Å². The van der Waals surface area contributed by atoms with E-state index in [1.54, 1.807) is 0 Å². The molecule has 1 saturated carbocycles. The third-order valence-corrected chi connectivity index (χ3v) is 4.36. The second-order valence-electron chi connectivity index (χ2n) is 6.35. The van der Waals surface area contributed by atoms with Gasteiger partial charge in [0.15, 0.2) is 0 Å². The van der Waals surface area contributed by atoms with Crippen LogP contribution in [0.3, 0.4) is 0 Å². The molecule has 2 aromatic rings. The van der Waals surface area contributed by atoms with Gasteiger partial charge in [0.05, 0.1) is 0 Å². The van der Waals surface area contributed by atoms with Gasteiger partial charge < -0.3 is 10.3 Å². The molecule has 0 radical (unpaired) electrons. The molecule has 2 N–H and O–H groups in total. The van der Waals surface area contributed by atoms with Gasteiger partial charge in [0.2, 0.25) is 0 Å². The molecule has 3 nitrogen and oxygen atoms in total. The van der Waals surface area contributed by atoms with E-state index in [2.05, 4.69) is 35.7 Å². The van der Waals surface area contributed by atoms with Crippen molar-refractivity contribution >= 4 is 5.69 Å². The van der Waals surface area contributed by atoms with E-state index >= 15 is 0 Å². The first-order valence-electron chi connectivity index (χ1n) is 7.52. The Hall–Kier alpha value is -1.77. The zero-order valence-electron chi connectivity index (χ0n) is 12.3. The number of hydrogen-bond acceptors (Lipinski definition) is 2. The number of anilines is 1. The fourth-order valence-electron chi connectivity index (χ4n) is 3.64. The van der Waals surface area contributed by atoms with Gasteiger partial charge in [-0.05, 0) is 43.2 Å². The van der Waals surface area contributed by atoms with Gasteiger partial charge in [-0.15, -0.1) is 0 Å². The molecular weight excluding hydrogens is 246 g/mol. The van der Waals surface area contributed by atoms with E-state index in [9.17, 15) is 0 Å². The molecule has 1 aliphatic rings.